The zero-order valence-electron chi connectivity index (χ0n) is 6.33. The Balaban J connectivity index is -0.0000000270. The van der Waals surface area contributed by atoms with Crippen molar-refractivity contribution < 1.29 is 43.1 Å². The fraction of sp³-hybridized carbons (Fsp3) is 0. The number of rotatable bonds is 0. The number of hydrogen-bond acceptors (Lipinski definition) is 9. The Hall–Kier alpha value is 1.51. The maximum atomic E-state index is 8.52. The van der Waals surface area contributed by atoms with Crippen molar-refractivity contribution in [2.75, 3.05) is 0 Å². The Morgan fingerprint density at radius 1 is 0.500 bits per heavy atom. The molecule has 0 heterocycles. The van der Waals surface area contributed by atoms with Crippen LogP contribution in [-0.4, -0.2) is 34.7 Å². The molecule has 78 valence electrons. The zero-order chi connectivity index (χ0) is 10.7. The van der Waals surface area contributed by atoms with Gasteiger partial charge in [0.05, 0.1) is 0 Å². The van der Waals surface area contributed by atoms with Gasteiger partial charge in [-0.15, -0.1) is 0 Å². The molecular weight excluding hydrogens is 291 g/mol. The summed E-state index contributed by atoms with van der Waals surface area (Å²) in [6, 6.07) is 0. The van der Waals surface area contributed by atoms with Gasteiger partial charge in [0.2, 0.25) is 0 Å². The predicted molar refractivity (Wildman–Crippen MR) is 38.5 cm³/mol. The van der Waals surface area contributed by atoms with Crippen molar-refractivity contribution in [3.63, 3.8) is 0 Å². The van der Waals surface area contributed by atoms with Crippen LogP contribution in [0, 0.1) is 0 Å². The van der Waals surface area contributed by atoms with Crippen molar-refractivity contribution in [1.29, 1.82) is 0 Å². The van der Waals surface area contributed by atoms with E-state index >= 15 is 0 Å². The normalized spacial score (nSPS) is 7.50. The summed E-state index contributed by atoms with van der Waals surface area (Å²) in [5.74, 6) is 0. The average molecular weight is 294 g/mol. The molecule has 0 rings (SSSR count). The van der Waals surface area contributed by atoms with Crippen LogP contribution in [0.15, 0.2) is 0 Å². The second kappa shape index (κ2) is 24.0. The Kier molecular flexibility index (Phi) is 50.6. The van der Waals surface area contributed by atoms with Crippen LogP contribution < -0.4 is 29.4 Å². The third kappa shape index (κ3) is 922. The van der Waals surface area contributed by atoms with Gasteiger partial charge < -0.3 is 43.1 Å². The van der Waals surface area contributed by atoms with Crippen molar-refractivity contribution in [3.8, 4) is 0 Å². The molecule has 0 aliphatic rings. The van der Waals surface area contributed by atoms with Gasteiger partial charge in [-0.05, 0) is 0 Å². The van der Waals surface area contributed by atoms with E-state index in [2.05, 4.69) is 0 Å². The summed E-state index contributed by atoms with van der Waals surface area (Å²) in [4.78, 5) is 51.1. The van der Waals surface area contributed by atoms with E-state index in [1.54, 1.807) is 0 Å². The van der Waals surface area contributed by atoms with Crippen LogP contribution >= 0.6 is 24.8 Å². The Morgan fingerprint density at radius 2 is 0.500 bits per heavy atom. The van der Waals surface area contributed by atoms with Gasteiger partial charge in [0.25, 0.3) is 0 Å². The maximum Gasteiger partial charge on any atom is 3.00 e. The Labute approximate surface area is 103 Å². The first-order valence-electron chi connectivity index (χ1n) is 1.84. The van der Waals surface area contributed by atoms with E-state index in [1.807, 2.05) is 0 Å². The minimum Gasteiger partial charge on any atom is -0.813 e. The van der Waals surface area contributed by atoms with Crippen molar-refractivity contribution >= 4 is 59.5 Å². The zero-order valence-corrected chi connectivity index (χ0v) is 11.6. The smallest absolute Gasteiger partial charge is 0.813 e. The quantitative estimate of drug-likeness (QED) is 0.308. The van der Waals surface area contributed by atoms with Crippen LogP contribution in [0.3, 0.4) is 0 Å². The summed E-state index contributed by atoms with van der Waals surface area (Å²) in [5.41, 5.74) is 0. The monoisotopic (exact) mass is 294 g/mol. The Bertz CT molecular complexity index is 116. The van der Waals surface area contributed by atoms with Crippen molar-refractivity contribution in [2.24, 2.45) is 0 Å². The van der Waals surface area contributed by atoms with Gasteiger partial charge in [0.1, 0.15) is 0 Å². The molecule has 14 heteroatoms. The largest absolute Gasteiger partial charge is 3.00 e. The molecule has 0 atom stereocenters. The molecule has 0 amide bonds. The minimum absolute atomic E-state index is 0. The summed E-state index contributed by atoms with van der Waals surface area (Å²) in [6.45, 7) is 0. The summed E-state index contributed by atoms with van der Waals surface area (Å²) < 4.78 is 25.6. The summed E-state index contributed by atoms with van der Waals surface area (Å²) >= 11 is 0. The van der Waals surface area contributed by atoms with E-state index in [-0.39, 0.29) is 34.7 Å². The molecule has 0 saturated heterocycles. The summed E-state index contributed by atoms with van der Waals surface area (Å²) in [7, 11) is -10.9. The minimum atomic E-state index is -3.63. The fourth-order valence-corrected chi connectivity index (χ4v) is 0. The number of hydrogen-bond donors (Lipinski definition) is 0. The van der Waals surface area contributed by atoms with Crippen LogP contribution in [0.4, 0.5) is 0 Å². The molecule has 0 radical (unpaired) electrons. The molecule has 0 fully saturated rings. The molecule has 0 aliphatic heterocycles. The first-order chi connectivity index (χ1) is 5.20. The molecule has 0 N–H and O–H groups in total. The molecule has 0 bridgehead atoms. The van der Waals surface area contributed by atoms with E-state index in [0.717, 1.165) is 0 Å². The molecular formula is H3Al2O9P3. The molecule has 0 spiro atoms. The molecule has 0 aliphatic carbocycles. The van der Waals surface area contributed by atoms with Gasteiger partial charge in [-0.25, -0.2) is 0 Å². The van der Waals surface area contributed by atoms with Gasteiger partial charge in [-0.3, -0.25) is 0 Å². The van der Waals surface area contributed by atoms with Crippen LogP contribution in [0.5, 0.6) is 0 Å². The standard InChI is InChI=1S/2Al.3H3O3P/c;;3*1-4(2)3/h;;3*4H,(H2,1,2,3)/q2*+3;;;/p-6. The first kappa shape index (κ1) is 29.6. The fourth-order valence-electron chi connectivity index (χ4n) is 0. The Morgan fingerprint density at radius 3 is 0.500 bits per heavy atom. The topological polar surface area (TPSA) is 190 Å². The second-order valence-electron chi connectivity index (χ2n) is 0.750. The molecule has 0 aromatic carbocycles. The molecule has 0 aromatic rings. The maximum absolute atomic E-state index is 8.52. The summed E-state index contributed by atoms with van der Waals surface area (Å²) in [6.07, 6.45) is 0. The average Bonchev–Trinajstić information content (AvgIpc) is 1.54. The van der Waals surface area contributed by atoms with Gasteiger partial charge >= 0.3 is 34.7 Å². The third-order valence-corrected chi connectivity index (χ3v) is 0. The van der Waals surface area contributed by atoms with E-state index in [9.17, 15) is 0 Å². The molecule has 14 heavy (non-hydrogen) atoms. The van der Waals surface area contributed by atoms with Crippen LogP contribution in [-0.2, 0) is 13.7 Å². The van der Waals surface area contributed by atoms with Crippen LogP contribution in [0.25, 0.3) is 0 Å². The van der Waals surface area contributed by atoms with E-state index in [0.29, 0.717) is 0 Å². The van der Waals surface area contributed by atoms with Crippen LogP contribution in [0.1, 0.15) is 0 Å². The second-order valence-corrected chi connectivity index (χ2v) is 2.25. The molecule has 0 aromatic heterocycles. The van der Waals surface area contributed by atoms with Crippen molar-refractivity contribution in [3.05, 3.63) is 0 Å². The van der Waals surface area contributed by atoms with Crippen molar-refractivity contribution in [1.82, 2.24) is 0 Å². The van der Waals surface area contributed by atoms with E-state index in [1.165, 1.54) is 0 Å². The molecule has 0 unspecified atom stereocenters. The van der Waals surface area contributed by atoms with Gasteiger partial charge in [0.15, 0.2) is 0 Å². The van der Waals surface area contributed by atoms with Crippen molar-refractivity contribution in [2.45, 2.75) is 0 Å². The van der Waals surface area contributed by atoms with Gasteiger partial charge in [-0.2, -0.15) is 0 Å². The summed E-state index contributed by atoms with van der Waals surface area (Å²) in [5, 5.41) is 0. The molecule has 0 saturated carbocycles. The van der Waals surface area contributed by atoms with E-state index in [4.69, 9.17) is 43.1 Å². The SMILES string of the molecule is O=[PH]([O-])[O-].O=[PH]([O-])[O-].O=[PH]([O-])[O-].[Al+3].[Al+3]. The predicted octanol–water partition coefficient (Wildman–Crippen LogP) is -6.47. The third-order valence-electron chi connectivity index (χ3n) is 0. The van der Waals surface area contributed by atoms with E-state index < -0.39 is 24.8 Å². The van der Waals surface area contributed by atoms with Gasteiger partial charge in [-0.1, -0.05) is 24.8 Å². The molecule has 9 nitrogen and oxygen atoms in total. The first-order valence-corrected chi connectivity index (χ1v) is 5.51. The van der Waals surface area contributed by atoms with Crippen LogP contribution in [0.2, 0.25) is 0 Å². The van der Waals surface area contributed by atoms with Gasteiger partial charge in [0, 0.05) is 0 Å².